The van der Waals surface area contributed by atoms with Crippen LogP contribution in [0.1, 0.15) is 16.9 Å². The molecule has 0 aliphatic heterocycles. The molecule has 0 aliphatic carbocycles. The molecule has 5 rings (SSSR count). The topological polar surface area (TPSA) is 98.5 Å². The highest BCUT2D eigenvalue weighted by Crippen LogP contribution is 2.31. The summed E-state index contributed by atoms with van der Waals surface area (Å²) in [6, 6.07) is 13.2. The molecule has 1 N–H and O–H groups in total. The molecule has 3 aromatic heterocycles. The summed E-state index contributed by atoms with van der Waals surface area (Å²) >= 11 is 7.44. The predicted octanol–water partition coefficient (Wildman–Crippen LogP) is 5.10. The lowest BCUT2D eigenvalue weighted by Crippen LogP contribution is -2.23. The first-order valence-corrected chi connectivity index (χ1v) is 11.4. The maximum atomic E-state index is 13.3. The van der Waals surface area contributed by atoms with Gasteiger partial charge in [0.2, 0.25) is 0 Å². The first-order valence-electron chi connectivity index (χ1n) is 10.0. The van der Waals surface area contributed by atoms with Crippen LogP contribution in [-0.4, -0.2) is 14.7 Å². The lowest BCUT2D eigenvalue weighted by atomic mass is 10.1. The molecular formula is C24H17ClN2O5S. The van der Waals surface area contributed by atoms with Gasteiger partial charge in [-0.2, -0.15) is 0 Å². The second-order valence-corrected chi connectivity index (χ2v) is 8.87. The lowest BCUT2D eigenvalue weighted by Gasteiger charge is -2.13. The molecule has 166 valence electrons. The van der Waals surface area contributed by atoms with Gasteiger partial charge in [-0.3, -0.25) is 9.36 Å². The summed E-state index contributed by atoms with van der Waals surface area (Å²) in [5, 5.41) is 12.1. The number of hydrogen-bond donors (Lipinski definition) is 1. The Morgan fingerprint density at radius 3 is 2.73 bits per heavy atom. The molecule has 0 saturated carbocycles. The maximum absolute atomic E-state index is 13.3. The SMILES string of the molecule is Cc1c(O)ccc2c(CSc3nc4cc(Cl)ccc4c(=O)n3Cc3ccco3)cc(=O)oc12. The molecule has 0 saturated heterocycles. The second-order valence-electron chi connectivity index (χ2n) is 7.49. The number of benzene rings is 2. The number of furan rings is 1. The molecule has 0 fully saturated rings. The monoisotopic (exact) mass is 480 g/mol. The Kier molecular flexibility index (Phi) is 5.47. The maximum Gasteiger partial charge on any atom is 0.336 e. The summed E-state index contributed by atoms with van der Waals surface area (Å²) < 4.78 is 12.3. The number of halogens is 1. The number of thioether (sulfide) groups is 1. The second kappa shape index (κ2) is 8.46. The van der Waals surface area contributed by atoms with Gasteiger partial charge in [0.1, 0.15) is 17.1 Å². The fraction of sp³-hybridized carbons (Fsp3) is 0.125. The smallest absolute Gasteiger partial charge is 0.336 e. The summed E-state index contributed by atoms with van der Waals surface area (Å²) in [4.78, 5) is 30.1. The third kappa shape index (κ3) is 4.03. The van der Waals surface area contributed by atoms with Crippen molar-refractivity contribution in [3.8, 4) is 5.75 Å². The van der Waals surface area contributed by atoms with E-state index in [2.05, 4.69) is 4.98 Å². The van der Waals surface area contributed by atoms with Crippen molar-refractivity contribution in [2.24, 2.45) is 0 Å². The molecule has 33 heavy (non-hydrogen) atoms. The van der Waals surface area contributed by atoms with E-state index >= 15 is 0 Å². The minimum Gasteiger partial charge on any atom is -0.508 e. The Morgan fingerprint density at radius 1 is 1.12 bits per heavy atom. The van der Waals surface area contributed by atoms with Gasteiger partial charge in [-0.15, -0.1) is 0 Å². The molecule has 0 radical (unpaired) electrons. The van der Waals surface area contributed by atoms with Gasteiger partial charge in [-0.1, -0.05) is 23.4 Å². The molecular weight excluding hydrogens is 464 g/mol. The first-order chi connectivity index (χ1) is 15.9. The predicted molar refractivity (Wildman–Crippen MR) is 127 cm³/mol. The van der Waals surface area contributed by atoms with Crippen LogP contribution >= 0.6 is 23.4 Å². The van der Waals surface area contributed by atoms with Gasteiger partial charge in [-0.05, 0) is 55.0 Å². The summed E-state index contributed by atoms with van der Waals surface area (Å²) in [5.41, 5.74) is 1.30. The van der Waals surface area contributed by atoms with Crippen molar-refractivity contribution in [2.75, 3.05) is 0 Å². The Bertz CT molecular complexity index is 1620. The standard InChI is InChI=1S/C24H17ClN2O5S/c1-13-20(28)7-6-17-14(9-21(29)32-22(13)17)12-33-24-26-19-10-15(25)4-5-18(19)23(30)27(24)11-16-3-2-8-31-16/h2-10,28H,11-12H2,1H3. The first kappa shape index (κ1) is 21.4. The van der Waals surface area contributed by atoms with Gasteiger partial charge >= 0.3 is 5.63 Å². The fourth-order valence-corrected chi connectivity index (χ4v) is 4.82. The summed E-state index contributed by atoms with van der Waals surface area (Å²) in [6.45, 7) is 1.90. The van der Waals surface area contributed by atoms with E-state index in [0.29, 0.717) is 54.7 Å². The molecule has 9 heteroatoms. The molecule has 5 aromatic rings. The molecule has 0 unspecified atom stereocenters. The number of phenols is 1. The fourth-order valence-electron chi connectivity index (χ4n) is 3.66. The molecule has 0 atom stereocenters. The molecule has 0 aliphatic rings. The van der Waals surface area contributed by atoms with Crippen LogP contribution in [0.15, 0.2) is 78.4 Å². The van der Waals surface area contributed by atoms with Crippen molar-refractivity contribution in [3.63, 3.8) is 0 Å². The van der Waals surface area contributed by atoms with Crippen LogP contribution in [0.2, 0.25) is 5.02 Å². The van der Waals surface area contributed by atoms with Crippen molar-refractivity contribution in [1.29, 1.82) is 0 Å². The van der Waals surface area contributed by atoms with E-state index in [4.69, 9.17) is 20.4 Å². The van der Waals surface area contributed by atoms with E-state index in [1.807, 2.05) is 0 Å². The Hall–Kier alpha value is -3.49. The quantitative estimate of drug-likeness (QED) is 0.212. The van der Waals surface area contributed by atoms with E-state index in [1.165, 1.54) is 17.8 Å². The highest BCUT2D eigenvalue weighted by molar-refractivity contribution is 7.98. The van der Waals surface area contributed by atoms with Gasteiger partial charge in [0.05, 0.1) is 23.7 Å². The number of nitrogens with zero attached hydrogens (tertiary/aromatic N) is 2. The van der Waals surface area contributed by atoms with Crippen LogP contribution in [-0.2, 0) is 12.3 Å². The molecule has 2 aromatic carbocycles. The van der Waals surface area contributed by atoms with Crippen LogP contribution in [0.4, 0.5) is 0 Å². The third-order valence-corrected chi connectivity index (χ3v) is 6.61. The van der Waals surface area contributed by atoms with E-state index in [9.17, 15) is 14.7 Å². The Morgan fingerprint density at radius 2 is 1.94 bits per heavy atom. The number of aryl methyl sites for hydroxylation is 1. The zero-order valence-corrected chi connectivity index (χ0v) is 18.9. The van der Waals surface area contributed by atoms with E-state index < -0.39 is 5.63 Å². The van der Waals surface area contributed by atoms with Gasteiger partial charge in [0, 0.05) is 27.8 Å². The average molecular weight is 481 g/mol. The van der Waals surface area contributed by atoms with Gasteiger partial charge < -0.3 is 13.9 Å². The minimum atomic E-state index is -0.516. The molecule has 0 spiro atoms. The van der Waals surface area contributed by atoms with Crippen molar-refractivity contribution in [2.45, 2.75) is 24.4 Å². The molecule has 0 bridgehead atoms. The number of aromatic hydroxyl groups is 1. The van der Waals surface area contributed by atoms with E-state index in [0.717, 1.165) is 0 Å². The zero-order valence-electron chi connectivity index (χ0n) is 17.4. The summed E-state index contributed by atoms with van der Waals surface area (Å²) in [7, 11) is 0. The highest BCUT2D eigenvalue weighted by Gasteiger charge is 2.16. The van der Waals surface area contributed by atoms with Crippen LogP contribution in [0.5, 0.6) is 5.75 Å². The number of phenolic OH excluding ortho intramolecular Hbond substituents is 1. The number of aromatic nitrogens is 2. The van der Waals surface area contributed by atoms with Gasteiger partial charge in [0.25, 0.3) is 5.56 Å². The molecule has 0 amide bonds. The van der Waals surface area contributed by atoms with Crippen molar-refractivity contribution < 1.29 is 13.9 Å². The van der Waals surface area contributed by atoms with Gasteiger partial charge in [0.15, 0.2) is 5.16 Å². The largest absolute Gasteiger partial charge is 0.508 e. The van der Waals surface area contributed by atoms with Crippen LogP contribution < -0.4 is 11.2 Å². The van der Waals surface area contributed by atoms with E-state index in [-0.39, 0.29) is 17.9 Å². The van der Waals surface area contributed by atoms with Crippen LogP contribution in [0, 0.1) is 6.92 Å². The number of hydrogen-bond acceptors (Lipinski definition) is 7. The van der Waals surface area contributed by atoms with Gasteiger partial charge in [-0.25, -0.2) is 9.78 Å². The normalized spacial score (nSPS) is 11.5. The van der Waals surface area contributed by atoms with Crippen molar-refractivity contribution in [1.82, 2.24) is 9.55 Å². The van der Waals surface area contributed by atoms with Crippen LogP contribution in [0.25, 0.3) is 21.9 Å². The molecule has 7 nitrogen and oxygen atoms in total. The van der Waals surface area contributed by atoms with Crippen molar-refractivity contribution in [3.05, 3.63) is 97.5 Å². The highest BCUT2D eigenvalue weighted by atomic mass is 35.5. The Labute approximate surface area is 196 Å². The Balaban J connectivity index is 1.61. The number of fused-ring (bicyclic) bond motifs is 2. The van der Waals surface area contributed by atoms with Crippen molar-refractivity contribution >= 4 is 45.2 Å². The van der Waals surface area contributed by atoms with Crippen LogP contribution in [0.3, 0.4) is 0 Å². The number of rotatable bonds is 5. The average Bonchev–Trinajstić information content (AvgIpc) is 3.30. The summed E-state index contributed by atoms with van der Waals surface area (Å²) in [6.07, 6.45) is 1.55. The molecule has 3 heterocycles. The lowest BCUT2D eigenvalue weighted by molar-refractivity contribution is 0.468. The minimum absolute atomic E-state index is 0.0517. The zero-order chi connectivity index (χ0) is 23.1. The third-order valence-electron chi connectivity index (χ3n) is 5.35. The summed E-state index contributed by atoms with van der Waals surface area (Å²) in [5.74, 6) is 1.02. The van der Waals surface area contributed by atoms with E-state index in [1.54, 1.807) is 60.2 Å².